The van der Waals surface area contributed by atoms with Crippen LogP contribution < -0.4 is 0 Å². The van der Waals surface area contributed by atoms with E-state index in [1.165, 1.54) is 0 Å². The van der Waals surface area contributed by atoms with Gasteiger partial charge in [-0.2, -0.15) is 5.26 Å². The molecule has 2 nitrogen and oxygen atoms in total. The van der Waals surface area contributed by atoms with Gasteiger partial charge < -0.3 is 5.11 Å². The number of phenolic OH excluding ortho intramolecular Hbond substituents is 1. The van der Waals surface area contributed by atoms with E-state index in [-0.39, 0.29) is 0 Å². The van der Waals surface area contributed by atoms with Crippen molar-refractivity contribution >= 4 is 0 Å². The molecule has 0 radical (unpaired) electrons. The SMILES string of the molecule is Cc1cccc(O)c1CCC#N. The van der Waals surface area contributed by atoms with Gasteiger partial charge >= 0.3 is 0 Å². The van der Waals surface area contributed by atoms with Crippen molar-refractivity contribution in [3.8, 4) is 11.8 Å². The smallest absolute Gasteiger partial charge is 0.119 e. The minimum absolute atomic E-state index is 0.297. The molecule has 0 aliphatic rings. The van der Waals surface area contributed by atoms with E-state index < -0.39 is 0 Å². The topological polar surface area (TPSA) is 44.0 Å². The molecular formula is C10H11NO. The monoisotopic (exact) mass is 161 g/mol. The van der Waals surface area contributed by atoms with Gasteiger partial charge in [0.15, 0.2) is 0 Å². The first-order valence-corrected chi connectivity index (χ1v) is 3.90. The van der Waals surface area contributed by atoms with Crippen LogP contribution in [-0.4, -0.2) is 5.11 Å². The fraction of sp³-hybridized carbons (Fsp3) is 0.300. The lowest BCUT2D eigenvalue weighted by Crippen LogP contribution is -1.88. The van der Waals surface area contributed by atoms with Gasteiger partial charge in [0.1, 0.15) is 5.75 Å². The minimum atomic E-state index is 0.297. The Morgan fingerprint density at radius 2 is 2.25 bits per heavy atom. The number of hydrogen-bond acceptors (Lipinski definition) is 2. The maximum absolute atomic E-state index is 9.41. The molecule has 0 aromatic heterocycles. The van der Waals surface area contributed by atoms with Gasteiger partial charge in [-0.05, 0) is 30.5 Å². The van der Waals surface area contributed by atoms with Crippen LogP contribution in [0.4, 0.5) is 0 Å². The second-order valence-electron chi connectivity index (χ2n) is 2.73. The minimum Gasteiger partial charge on any atom is -0.508 e. The normalized spacial score (nSPS) is 9.33. The standard InChI is InChI=1S/C10H11NO/c1-8-4-2-6-10(12)9(8)5-3-7-11/h2,4,6,12H,3,5H2,1H3. The Morgan fingerprint density at radius 1 is 1.50 bits per heavy atom. The molecule has 12 heavy (non-hydrogen) atoms. The Balaban J connectivity index is 2.90. The summed E-state index contributed by atoms with van der Waals surface area (Å²) in [7, 11) is 0. The first-order valence-electron chi connectivity index (χ1n) is 3.90. The lowest BCUT2D eigenvalue weighted by molar-refractivity contribution is 0.467. The number of phenols is 1. The van der Waals surface area contributed by atoms with Gasteiger partial charge in [-0.3, -0.25) is 0 Å². The predicted octanol–water partition coefficient (Wildman–Crippen LogP) is 2.16. The van der Waals surface area contributed by atoms with Gasteiger partial charge in [-0.1, -0.05) is 12.1 Å². The molecule has 1 aromatic carbocycles. The molecule has 0 bridgehead atoms. The fourth-order valence-electron chi connectivity index (χ4n) is 1.19. The zero-order chi connectivity index (χ0) is 8.97. The van der Waals surface area contributed by atoms with Crippen molar-refractivity contribution in [3.63, 3.8) is 0 Å². The maximum atomic E-state index is 9.41. The van der Waals surface area contributed by atoms with Crippen LogP contribution >= 0.6 is 0 Å². The quantitative estimate of drug-likeness (QED) is 0.722. The molecule has 62 valence electrons. The van der Waals surface area contributed by atoms with Crippen LogP contribution in [0.3, 0.4) is 0 Å². The average Bonchev–Trinajstić information content (AvgIpc) is 2.04. The van der Waals surface area contributed by atoms with Gasteiger partial charge in [0.05, 0.1) is 6.07 Å². The zero-order valence-corrected chi connectivity index (χ0v) is 7.04. The third-order valence-electron chi connectivity index (χ3n) is 1.87. The molecule has 0 atom stereocenters. The Kier molecular flexibility index (Phi) is 2.71. The molecule has 1 aromatic rings. The molecule has 0 aliphatic heterocycles. The fourth-order valence-corrected chi connectivity index (χ4v) is 1.19. The van der Waals surface area contributed by atoms with E-state index in [2.05, 4.69) is 6.07 Å². The van der Waals surface area contributed by atoms with Crippen molar-refractivity contribution in [3.05, 3.63) is 29.3 Å². The Bertz CT molecular complexity index is 292. The third kappa shape index (κ3) is 1.76. The molecule has 0 saturated heterocycles. The van der Waals surface area contributed by atoms with Crippen LogP contribution in [-0.2, 0) is 6.42 Å². The predicted molar refractivity (Wildman–Crippen MR) is 46.8 cm³/mol. The Morgan fingerprint density at radius 3 is 2.83 bits per heavy atom. The number of aryl methyl sites for hydroxylation is 1. The number of nitrogens with zero attached hydrogens (tertiary/aromatic N) is 1. The Hall–Kier alpha value is -1.49. The molecule has 0 amide bonds. The summed E-state index contributed by atoms with van der Waals surface area (Å²) >= 11 is 0. The summed E-state index contributed by atoms with van der Waals surface area (Å²) in [5, 5.41) is 17.8. The molecule has 0 heterocycles. The number of rotatable bonds is 2. The van der Waals surface area contributed by atoms with E-state index in [0.29, 0.717) is 18.6 Å². The molecule has 0 saturated carbocycles. The van der Waals surface area contributed by atoms with E-state index in [0.717, 1.165) is 11.1 Å². The number of hydrogen-bond donors (Lipinski definition) is 1. The van der Waals surface area contributed by atoms with Gasteiger partial charge in [-0.25, -0.2) is 0 Å². The molecule has 0 aliphatic carbocycles. The van der Waals surface area contributed by atoms with Crippen LogP contribution in [0.15, 0.2) is 18.2 Å². The van der Waals surface area contributed by atoms with Crippen molar-refractivity contribution in [2.75, 3.05) is 0 Å². The van der Waals surface area contributed by atoms with Crippen molar-refractivity contribution in [2.24, 2.45) is 0 Å². The summed E-state index contributed by atoms with van der Waals surface area (Å²) in [6.07, 6.45) is 1.09. The second-order valence-corrected chi connectivity index (χ2v) is 2.73. The van der Waals surface area contributed by atoms with Crippen molar-refractivity contribution < 1.29 is 5.11 Å². The van der Waals surface area contributed by atoms with Crippen LogP contribution in [0.2, 0.25) is 0 Å². The van der Waals surface area contributed by atoms with Crippen LogP contribution in [0, 0.1) is 18.3 Å². The lowest BCUT2D eigenvalue weighted by Gasteiger charge is -2.04. The summed E-state index contributed by atoms with van der Waals surface area (Å²) in [5.41, 5.74) is 1.93. The highest BCUT2D eigenvalue weighted by molar-refractivity contribution is 5.38. The summed E-state index contributed by atoms with van der Waals surface area (Å²) in [6, 6.07) is 7.46. The highest BCUT2D eigenvalue weighted by Crippen LogP contribution is 2.21. The van der Waals surface area contributed by atoms with Crippen LogP contribution in [0.25, 0.3) is 0 Å². The number of benzene rings is 1. The third-order valence-corrected chi connectivity index (χ3v) is 1.87. The molecular weight excluding hydrogens is 150 g/mol. The first kappa shape index (κ1) is 8.61. The van der Waals surface area contributed by atoms with Crippen LogP contribution in [0.1, 0.15) is 17.5 Å². The van der Waals surface area contributed by atoms with Gasteiger partial charge in [-0.15, -0.1) is 0 Å². The summed E-state index contributed by atoms with van der Waals surface area (Å²) in [4.78, 5) is 0. The molecule has 0 spiro atoms. The summed E-state index contributed by atoms with van der Waals surface area (Å²) in [5.74, 6) is 0.297. The first-order chi connectivity index (χ1) is 5.75. The highest BCUT2D eigenvalue weighted by Gasteiger charge is 2.02. The molecule has 1 N–H and O–H groups in total. The highest BCUT2D eigenvalue weighted by atomic mass is 16.3. The molecule has 0 unspecified atom stereocenters. The summed E-state index contributed by atoms with van der Waals surface area (Å²) < 4.78 is 0. The van der Waals surface area contributed by atoms with Crippen LogP contribution in [0.5, 0.6) is 5.75 Å². The number of nitriles is 1. The largest absolute Gasteiger partial charge is 0.508 e. The summed E-state index contributed by atoms with van der Waals surface area (Å²) in [6.45, 7) is 1.94. The van der Waals surface area contributed by atoms with E-state index in [9.17, 15) is 5.11 Å². The van der Waals surface area contributed by atoms with Crippen molar-refractivity contribution in [2.45, 2.75) is 19.8 Å². The van der Waals surface area contributed by atoms with Crippen molar-refractivity contribution in [1.29, 1.82) is 5.26 Å². The maximum Gasteiger partial charge on any atom is 0.119 e. The Labute approximate surface area is 72.1 Å². The van der Waals surface area contributed by atoms with Gasteiger partial charge in [0.25, 0.3) is 0 Å². The second kappa shape index (κ2) is 3.77. The van der Waals surface area contributed by atoms with Crippen molar-refractivity contribution in [1.82, 2.24) is 0 Å². The molecule has 1 rings (SSSR count). The number of aromatic hydroxyl groups is 1. The molecule has 2 heteroatoms. The average molecular weight is 161 g/mol. The van der Waals surface area contributed by atoms with Gasteiger partial charge in [0.2, 0.25) is 0 Å². The zero-order valence-electron chi connectivity index (χ0n) is 7.04. The van der Waals surface area contributed by atoms with E-state index in [4.69, 9.17) is 5.26 Å². The van der Waals surface area contributed by atoms with E-state index >= 15 is 0 Å². The van der Waals surface area contributed by atoms with Gasteiger partial charge in [0, 0.05) is 6.42 Å². The molecule has 0 fully saturated rings. The van der Waals surface area contributed by atoms with E-state index in [1.807, 2.05) is 13.0 Å². The van der Waals surface area contributed by atoms with E-state index in [1.54, 1.807) is 12.1 Å². The lowest BCUT2D eigenvalue weighted by atomic mass is 10.0.